The predicted molar refractivity (Wildman–Crippen MR) is 189 cm³/mol. The van der Waals surface area contributed by atoms with E-state index in [-0.39, 0.29) is 45.3 Å². The summed E-state index contributed by atoms with van der Waals surface area (Å²) in [4.78, 5) is 26.0. The van der Waals surface area contributed by atoms with Gasteiger partial charge in [-0.3, -0.25) is 0 Å². The highest BCUT2D eigenvalue weighted by Crippen LogP contribution is 2.31. The summed E-state index contributed by atoms with van der Waals surface area (Å²) in [6.07, 6.45) is -2.62. The molecule has 51 heavy (non-hydrogen) atoms. The lowest BCUT2D eigenvalue weighted by Gasteiger charge is -2.46. The van der Waals surface area contributed by atoms with Crippen LogP contribution in [-0.2, 0) is 69.2 Å². The molecule has 0 bridgehead atoms. The first kappa shape index (κ1) is 37.4. The van der Waals surface area contributed by atoms with E-state index in [9.17, 15) is 9.59 Å². The highest BCUT2D eigenvalue weighted by molar-refractivity contribution is 5.95. The van der Waals surface area contributed by atoms with Crippen molar-refractivity contribution in [2.75, 3.05) is 13.2 Å². The molecule has 10 heteroatoms. The van der Waals surface area contributed by atoms with Gasteiger partial charge in [0.25, 0.3) is 0 Å². The van der Waals surface area contributed by atoms with Crippen molar-refractivity contribution in [3.8, 4) is 0 Å². The number of benzene rings is 4. The van der Waals surface area contributed by atoms with Crippen LogP contribution >= 0.6 is 0 Å². The number of rotatable bonds is 18. The van der Waals surface area contributed by atoms with E-state index in [4.69, 9.17) is 33.2 Å². The molecule has 1 N–H and O–H groups in total. The van der Waals surface area contributed by atoms with Gasteiger partial charge in [0.05, 0.1) is 45.7 Å². The second-order valence-corrected chi connectivity index (χ2v) is 11.7. The maximum absolute atomic E-state index is 13.3. The van der Waals surface area contributed by atoms with Gasteiger partial charge in [-0.1, -0.05) is 121 Å². The summed E-state index contributed by atoms with van der Waals surface area (Å²) in [5.74, 6) is -1.47. The lowest BCUT2D eigenvalue weighted by molar-refractivity contribution is -0.345. The summed E-state index contributed by atoms with van der Waals surface area (Å²) < 4.78 is 43.4. The van der Waals surface area contributed by atoms with E-state index >= 15 is 0 Å². The Morgan fingerprint density at radius 1 is 0.569 bits per heavy atom. The van der Waals surface area contributed by atoms with E-state index in [1.165, 1.54) is 0 Å². The van der Waals surface area contributed by atoms with E-state index in [0.29, 0.717) is 0 Å². The van der Waals surface area contributed by atoms with Crippen molar-refractivity contribution < 1.29 is 42.7 Å². The Hall–Kier alpha value is -4.84. The predicted octanol–water partition coefficient (Wildman–Crippen LogP) is 6.24. The number of carbonyl (C=O) groups is 2. The van der Waals surface area contributed by atoms with Gasteiger partial charge >= 0.3 is 11.9 Å². The highest BCUT2D eigenvalue weighted by atomic mass is 16.8. The van der Waals surface area contributed by atoms with Crippen molar-refractivity contribution >= 4 is 11.9 Å². The number of hydrogen-bond acceptors (Lipinski definition) is 10. The molecule has 0 amide bonds. The maximum Gasteiger partial charge on any atom is 0.354 e. The standard InChI is InChI=1S/C41H45NO9/c1-3-45-35(43)25-34(39(44)46-4-2)42-36-37(47-26-30-17-9-5-10-18-30)38(48-27-31-19-11-6-12-20-31)41(50-29-33-23-15-8-16-24-33)51-40(36)49-28-32-21-13-7-14-22-32/h5-25,36-38,40-42H,3-4,26-29H2,1-2H3/b34-25-/t36-,37-,38+,40-,41+/m1/s1. The van der Waals surface area contributed by atoms with Crippen LogP contribution in [0.3, 0.4) is 0 Å². The van der Waals surface area contributed by atoms with Crippen LogP contribution in [0.15, 0.2) is 133 Å². The van der Waals surface area contributed by atoms with E-state index in [1.54, 1.807) is 13.8 Å². The zero-order valence-electron chi connectivity index (χ0n) is 28.9. The normalized spacial score (nSPS) is 20.4. The molecular formula is C41H45NO9. The fraction of sp³-hybridized carbons (Fsp3) is 0.317. The fourth-order valence-corrected chi connectivity index (χ4v) is 5.50. The average molecular weight is 696 g/mol. The molecule has 1 fully saturated rings. The van der Waals surface area contributed by atoms with Crippen molar-refractivity contribution in [2.45, 2.75) is 71.1 Å². The zero-order chi connectivity index (χ0) is 35.7. The molecule has 0 aromatic heterocycles. The summed E-state index contributed by atoms with van der Waals surface area (Å²) >= 11 is 0. The van der Waals surface area contributed by atoms with Crippen LogP contribution in [0.1, 0.15) is 36.1 Å². The molecular weight excluding hydrogens is 650 g/mol. The Kier molecular flexibility index (Phi) is 14.8. The number of esters is 2. The van der Waals surface area contributed by atoms with Crippen LogP contribution < -0.4 is 5.32 Å². The molecule has 268 valence electrons. The molecule has 0 saturated carbocycles. The summed E-state index contributed by atoms with van der Waals surface area (Å²) in [5.41, 5.74) is 3.55. The lowest BCUT2D eigenvalue weighted by Crippen LogP contribution is -2.65. The smallest absolute Gasteiger partial charge is 0.354 e. The summed E-state index contributed by atoms with van der Waals surface area (Å²) in [7, 11) is 0. The Labute approximate surface area is 299 Å². The van der Waals surface area contributed by atoms with E-state index in [1.807, 2.05) is 121 Å². The minimum absolute atomic E-state index is 0.0852. The Balaban J connectivity index is 1.55. The van der Waals surface area contributed by atoms with Gasteiger partial charge in [-0.25, -0.2) is 9.59 Å². The molecule has 5 rings (SSSR count). The Morgan fingerprint density at radius 3 is 1.43 bits per heavy atom. The zero-order valence-corrected chi connectivity index (χ0v) is 28.9. The van der Waals surface area contributed by atoms with Crippen LogP contribution in [0, 0.1) is 0 Å². The first-order valence-electron chi connectivity index (χ1n) is 17.1. The molecule has 1 aliphatic rings. The van der Waals surface area contributed by atoms with Gasteiger partial charge in [-0.15, -0.1) is 0 Å². The SMILES string of the molecule is CCOC(=O)/C=C(\N[C@H]1[C@H](OCc2ccccc2)O[C@H](OCc2ccccc2)[C@@H](OCc2ccccc2)[C@@H]1OCc1ccccc1)C(=O)OCC. The molecule has 1 saturated heterocycles. The largest absolute Gasteiger partial charge is 0.463 e. The van der Waals surface area contributed by atoms with Crippen LogP contribution in [0.25, 0.3) is 0 Å². The monoisotopic (exact) mass is 695 g/mol. The Morgan fingerprint density at radius 2 is 0.980 bits per heavy atom. The second-order valence-electron chi connectivity index (χ2n) is 11.7. The molecule has 0 radical (unpaired) electrons. The minimum atomic E-state index is -1.05. The topological polar surface area (TPSA) is 111 Å². The van der Waals surface area contributed by atoms with Crippen LogP contribution in [0.2, 0.25) is 0 Å². The van der Waals surface area contributed by atoms with Crippen molar-refractivity contribution in [3.05, 3.63) is 155 Å². The molecule has 4 aromatic carbocycles. The highest BCUT2D eigenvalue weighted by Gasteiger charge is 2.49. The lowest BCUT2D eigenvalue weighted by atomic mass is 9.99. The summed E-state index contributed by atoms with van der Waals surface area (Å²) in [6.45, 7) is 4.39. The van der Waals surface area contributed by atoms with Gasteiger partial charge in [0, 0.05) is 0 Å². The number of hydrogen-bond donors (Lipinski definition) is 1. The van der Waals surface area contributed by atoms with E-state index in [2.05, 4.69) is 5.32 Å². The van der Waals surface area contributed by atoms with Crippen molar-refractivity contribution in [1.29, 1.82) is 0 Å². The van der Waals surface area contributed by atoms with Crippen LogP contribution in [0.5, 0.6) is 0 Å². The third kappa shape index (κ3) is 11.6. The van der Waals surface area contributed by atoms with Crippen LogP contribution in [-0.4, -0.2) is 56.0 Å². The van der Waals surface area contributed by atoms with Gasteiger partial charge in [0.15, 0.2) is 12.6 Å². The van der Waals surface area contributed by atoms with Gasteiger partial charge in [0.2, 0.25) is 0 Å². The molecule has 0 unspecified atom stereocenters. The Bertz CT molecular complexity index is 1640. The molecule has 0 spiro atoms. The van der Waals surface area contributed by atoms with Crippen molar-refractivity contribution in [2.24, 2.45) is 0 Å². The number of ether oxygens (including phenoxy) is 7. The van der Waals surface area contributed by atoms with Crippen molar-refractivity contribution in [3.63, 3.8) is 0 Å². The fourth-order valence-electron chi connectivity index (χ4n) is 5.50. The molecule has 1 aliphatic heterocycles. The van der Waals surface area contributed by atoms with Gasteiger partial charge in [-0.2, -0.15) is 0 Å². The average Bonchev–Trinajstić information content (AvgIpc) is 3.17. The van der Waals surface area contributed by atoms with E-state index in [0.717, 1.165) is 28.3 Å². The maximum atomic E-state index is 13.3. The molecule has 10 nitrogen and oxygen atoms in total. The second kappa shape index (κ2) is 20.1. The minimum Gasteiger partial charge on any atom is -0.463 e. The molecule has 4 aromatic rings. The molecule has 5 atom stereocenters. The van der Waals surface area contributed by atoms with E-state index < -0.39 is 42.8 Å². The number of carbonyl (C=O) groups excluding carboxylic acids is 2. The van der Waals surface area contributed by atoms with Crippen LogP contribution in [0.4, 0.5) is 0 Å². The summed E-state index contributed by atoms with van der Waals surface area (Å²) in [6, 6.07) is 37.9. The van der Waals surface area contributed by atoms with Gasteiger partial charge < -0.3 is 38.5 Å². The third-order valence-corrected chi connectivity index (χ3v) is 7.96. The third-order valence-electron chi connectivity index (χ3n) is 7.96. The summed E-state index contributed by atoms with van der Waals surface area (Å²) in [5, 5.41) is 3.20. The first-order valence-corrected chi connectivity index (χ1v) is 17.1. The van der Waals surface area contributed by atoms with Gasteiger partial charge in [0.1, 0.15) is 23.9 Å². The first-order chi connectivity index (χ1) is 25.0. The number of nitrogens with one attached hydrogen (secondary N) is 1. The van der Waals surface area contributed by atoms with Crippen molar-refractivity contribution in [1.82, 2.24) is 5.32 Å². The molecule has 0 aliphatic carbocycles. The molecule has 1 heterocycles. The quantitative estimate of drug-likeness (QED) is 0.0949. The van der Waals surface area contributed by atoms with Gasteiger partial charge in [-0.05, 0) is 36.1 Å².